The van der Waals surface area contributed by atoms with E-state index in [1.54, 1.807) is 29.2 Å². The van der Waals surface area contributed by atoms with E-state index in [4.69, 9.17) is 4.74 Å². The van der Waals surface area contributed by atoms with Gasteiger partial charge in [-0.15, -0.1) is 0 Å². The molecule has 1 heterocycles. The van der Waals surface area contributed by atoms with Crippen molar-refractivity contribution in [2.45, 2.75) is 52.7 Å². The van der Waals surface area contributed by atoms with Crippen molar-refractivity contribution >= 4 is 17.4 Å². The van der Waals surface area contributed by atoms with Crippen LogP contribution in [0, 0.1) is 6.92 Å². The minimum Gasteiger partial charge on any atom is -0.507 e. The van der Waals surface area contributed by atoms with Gasteiger partial charge in [-0.05, 0) is 62.6 Å². The number of rotatable bonds is 7. The van der Waals surface area contributed by atoms with Gasteiger partial charge in [0.15, 0.2) is 0 Å². The number of hydrogen-bond donors (Lipinski definition) is 1. The molecule has 0 aliphatic carbocycles. The number of benzene rings is 2. The van der Waals surface area contributed by atoms with E-state index in [-0.39, 0.29) is 17.4 Å². The number of aliphatic hydroxyl groups is 1. The quantitative estimate of drug-likeness (QED) is 0.398. The van der Waals surface area contributed by atoms with E-state index in [0.29, 0.717) is 17.9 Å². The van der Waals surface area contributed by atoms with E-state index in [1.807, 2.05) is 52.0 Å². The second-order valence-corrected chi connectivity index (χ2v) is 7.89. The number of aryl methyl sites for hydroxylation is 1. The Kier molecular flexibility index (Phi) is 6.60. The minimum atomic E-state index is -0.639. The van der Waals surface area contributed by atoms with Crippen molar-refractivity contribution < 1.29 is 19.4 Å². The molecule has 5 nitrogen and oxygen atoms in total. The normalized spacial score (nSPS) is 18.3. The van der Waals surface area contributed by atoms with Crippen molar-refractivity contribution in [3.8, 4) is 5.75 Å². The third-order valence-corrected chi connectivity index (χ3v) is 5.28. The Morgan fingerprint density at radius 1 is 1.10 bits per heavy atom. The lowest BCUT2D eigenvalue weighted by atomic mass is 9.92. The van der Waals surface area contributed by atoms with E-state index in [1.165, 1.54) is 0 Å². The highest BCUT2D eigenvalue weighted by Gasteiger charge is 2.46. The smallest absolute Gasteiger partial charge is 0.295 e. The van der Waals surface area contributed by atoms with Crippen LogP contribution in [0.25, 0.3) is 5.76 Å². The molecule has 1 saturated heterocycles. The van der Waals surface area contributed by atoms with Crippen molar-refractivity contribution in [3.63, 3.8) is 0 Å². The number of likely N-dealkylation sites (tertiary alicyclic amines) is 1. The van der Waals surface area contributed by atoms with Crippen molar-refractivity contribution in [2.75, 3.05) is 6.54 Å². The number of nitrogens with zero attached hydrogens (tertiary/aromatic N) is 1. The lowest BCUT2D eigenvalue weighted by molar-refractivity contribution is -0.139. The molecule has 0 saturated carbocycles. The third kappa shape index (κ3) is 4.25. The molecule has 1 aliphatic rings. The Morgan fingerprint density at radius 3 is 2.37 bits per heavy atom. The average molecular weight is 408 g/mol. The van der Waals surface area contributed by atoms with Crippen molar-refractivity contribution in [2.24, 2.45) is 0 Å². The van der Waals surface area contributed by atoms with Crippen LogP contribution in [-0.4, -0.2) is 34.3 Å². The zero-order chi connectivity index (χ0) is 21.8. The molecule has 0 aromatic heterocycles. The average Bonchev–Trinajstić information content (AvgIpc) is 2.96. The van der Waals surface area contributed by atoms with Gasteiger partial charge in [0, 0.05) is 12.1 Å². The van der Waals surface area contributed by atoms with Crippen LogP contribution in [0.5, 0.6) is 5.75 Å². The summed E-state index contributed by atoms with van der Waals surface area (Å²) in [5.41, 5.74) is 2.45. The number of carbonyl (C=O) groups excluding carboxylic acids is 2. The Hall–Kier alpha value is -3.08. The highest BCUT2D eigenvalue weighted by molar-refractivity contribution is 6.46. The first-order chi connectivity index (χ1) is 14.3. The molecule has 0 radical (unpaired) electrons. The lowest BCUT2D eigenvalue weighted by Gasteiger charge is -2.26. The number of unbranched alkanes of at least 4 members (excludes halogenated alkanes) is 1. The molecule has 3 rings (SSSR count). The fourth-order valence-corrected chi connectivity index (χ4v) is 3.78. The highest BCUT2D eigenvalue weighted by Crippen LogP contribution is 2.40. The summed E-state index contributed by atoms with van der Waals surface area (Å²) >= 11 is 0. The van der Waals surface area contributed by atoms with E-state index < -0.39 is 17.7 Å². The number of Topliss-reactive ketones (excluding diaryl/α,β-unsaturated/α-hetero) is 1. The molecule has 1 unspecified atom stereocenters. The molecule has 158 valence electrons. The number of ether oxygens (including phenoxy) is 1. The van der Waals surface area contributed by atoms with Crippen LogP contribution in [0.2, 0.25) is 0 Å². The summed E-state index contributed by atoms with van der Waals surface area (Å²) in [6.07, 6.45) is 1.73. The first-order valence-electron chi connectivity index (χ1n) is 10.5. The molecule has 1 aliphatic heterocycles. The molecule has 1 atom stereocenters. The molecule has 5 heteroatoms. The Labute approximate surface area is 178 Å². The van der Waals surface area contributed by atoms with Crippen LogP contribution < -0.4 is 4.74 Å². The van der Waals surface area contributed by atoms with Gasteiger partial charge in [0.25, 0.3) is 11.7 Å². The number of hydrogen-bond acceptors (Lipinski definition) is 4. The van der Waals surface area contributed by atoms with Crippen LogP contribution in [0.3, 0.4) is 0 Å². The second-order valence-electron chi connectivity index (χ2n) is 7.89. The minimum absolute atomic E-state index is 0.0365. The first-order valence-corrected chi connectivity index (χ1v) is 10.5. The first kappa shape index (κ1) is 21.6. The molecule has 0 spiro atoms. The molecular formula is C25H29NO4. The number of carbonyl (C=O) groups is 2. The lowest BCUT2D eigenvalue weighted by Crippen LogP contribution is -2.30. The summed E-state index contributed by atoms with van der Waals surface area (Å²) in [6.45, 7) is 8.34. The fraction of sp³-hybridized carbons (Fsp3) is 0.360. The zero-order valence-electron chi connectivity index (χ0n) is 18.0. The van der Waals surface area contributed by atoms with Gasteiger partial charge in [0.1, 0.15) is 11.5 Å². The van der Waals surface area contributed by atoms with Gasteiger partial charge in [-0.2, -0.15) is 0 Å². The largest absolute Gasteiger partial charge is 0.507 e. The summed E-state index contributed by atoms with van der Waals surface area (Å²) in [7, 11) is 0. The maximum Gasteiger partial charge on any atom is 0.295 e. The standard InChI is InChI=1S/C25H29NO4/c1-5-6-15-26-22(20-10-8-7-9-17(20)4)21(24(28)25(26)29)23(27)18-11-13-19(14-12-18)30-16(2)3/h7-14,16,22,27H,5-6,15H2,1-4H3/b23-21-. The summed E-state index contributed by atoms with van der Waals surface area (Å²) < 4.78 is 5.65. The highest BCUT2D eigenvalue weighted by atomic mass is 16.5. The van der Waals surface area contributed by atoms with E-state index in [0.717, 1.165) is 24.0 Å². The van der Waals surface area contributed by atoms with E-state index in [2.05, 4.69) is 0 Å². The second kappa shape index (κ2) is 9.16. The predicted molar refractivity (Wildman–Crippen MR) is 117 cm³/mol. The van der Waals surface area contributed by atoms with Crippen LogP contribution in [0.1, 0.15) is 56.3 Å². The zero-order valence-corrected chi connectivity index (χ0v) is 18.0. The fourth-order valence-electron chi connectivity index (χ4n) is 3.78. The monoisotopic (exact) mass is 407 g/mol. The molecule has 1 fully saturated rings. The predicted octanol–water partition coefficient (Wildman–Crippen LogP) is 5.00. The summed E-state index contributed by atoms with van der Waals surface area (Å²) in [6, 6.07) is 14.0. The van der Waals surface area contributed by atoms with Gasteiger partial charge >= 0.3 is 0 Å². The SMILES string of the molecule is CCCCN1C(=O)C(=O)/C(=C(\O)c2ccc(OC(C)C)cc2)C1c1ccccc1C. The number of ketones is 1. The van der Waals surface area contributed by atoms with Gasteiger partial charge in [-0.25, -0.2) is 0 Å². The van der Waals surface area contributed by atoms with Crippen LogP contribution in [0.4, 0.5) is 0 Å². The summed E-state index contributed by atoms with van der Waals surface area (Å²) in [4.78, 5) is 27.4. The van der Waals surface area contributed by atoms with Gasteiger partial charge < -0.3 is 14.7 Å². The summed E-state index contributed by atoms with van der Waals surface area (Å²) in [5, 5.41) is 11.1. The van der Waals surface area contributed by atoms with Crippen LogP contribution in [0.15, 0.2) is 54.1 Å². The molecule has 0 bridgehead atoms. The molecule has 2 aromatic carbocycles. The van der Waals surface area contributed by atoms with Gasteiger partial charge in [-0.1, -0.05) is 37.6 Å². The Morgan fingerprint density at radius 2 is 1.77 bits per heavy atom. The Bertz CT molecular complexity index is 959. The van der Waals surface area contributed by atoms with E-state index >= 15 is 0 Å². The molecular weight excluding hydrogens is 378 g/mol. The van der Waals surface area contributed by atoms with Crippen molar-refractivity contribution in [1.29, 1.82) is 0 Å². The third-order valence-electron chi connectivity index (χ3n) is 5.28. The van der Waals surface area contributed by atoms with Crippen molar-refractivity contribution in [1.82, 2.24) is 4.90 Å². The van der Waals surface area contributed by atoms with Crippen LogP contribution in [-0.2, 0) is 9.59 Å². The maximum absolute atomic E-state index is 13.0. The Balaban J connectivity index is 2.10. The molecule has 1 amide bonds. The van der Waals surface area contributed by atoms with Gasteiger partial charge in [-0.3, -0.25) is 9.59 Å². The topological polar surface area (TPSA) is 66.8 Å². The van der Waals surface area contributed by atoms with Crippen LogP contribution >= 0.6 is 0 Å². The van der Waals surface area contributed by atoms with Crippen molar-refractivity contribution in [3.05, 3.63) is 70.8 Å². The van der Waals surface area contributed by atoms with Gasteiger partial charge in [0.05, 0.1) is 17.7 Å². The summed E-state index contributed by atoms with van der Waals surface area (Å²) in [5.74, 6) is -0.672. The van der Waals surface area contributed by atoms with Gasteiger partial charge in [0.2, 0.25) is 0 Å². The molecule has 1 N–H and O–H groups in total. The number of amides is 1. The maximum atomic E-state index is 13.0. The molecule has 2 aromatic rings. The van der Waals surface area contributed by atoms with E-state index in [9.17, 15) is 14.7 Å². The number of aliphatic hydroxyl groups excluding tert-OH is 1. The molecule has 30 heavy (non-hydrogen) atoms.